The lowest BCUT2D eigenvalue weighted by molar-refractivity contribution is -0.130. The smallest absolute Gasteiger partial charge is 0.222 e. The van der Waals surface area contributed by atoms with E-state index in [4.69, 9.17) is 4.74 Å². The minimum atomic E-state index is -0.384. The van der Waals surface area contributed by atoms with Crippen LogP contribution in [0.4, 0.5) is 4.39 Å². The summed E-state index contributed by atoms with van der Waals surface area (Å²) in [7, 11) is 3.59. The Morgan fingerprint density at radius 1 is 1.40 bits per heavy atom. The molecule has 6 heteroatoms. The highest BCUT2D eigenvalue weighted by molar-refractivity contribution is 5.85. The first kappa shape index (κ1) is 18.7. The van der Waals surface area contributed by atoms with Gasteiger partial charge in [0.25, 0.3) is 0 Å². The predicted molar refractivity (Wildman–Crippen MR) is 79.9 cm³/mol. The molecule has 0 spiro atoms. The van der Waals surface area contributed by atoms with Crippen molar-refractivity contribution < 1.29 is 13.9 Å². The number of carbonyl (C=O) groups excluding carboxylic acids is 1. The van der Waals surface area contributed by atoms with Crippen molar-refractivity contribution in [2.75, 3.05) is 33.8 Å². The fourth-order valence-corrected chi connectivity index (χ4v) is 1.59. The quantitative estimate of drug-likeness (QED) is 0.748. The van der Waals surface area contributed by atoms with Crippen LogP contribution in [0.5, 0.6) is 5.75 Å². The highest BCUT2D eigenvalue weighted by Gasteiger charge is 2.08. The Kier molecular flexibility index (Phi) is 9.76. The number of hydrogen-bond donors (Lipinski definition) is 1. The summed E-state index contributed by atoms with van der Waals surface area (Å²) in [5, 5.41) is 3.00. The van der Waals surface area contributed by atoms with Crippen LogP contribution in [0.2, 0.25) is 0 Å². The molecule has 0 aliphatic heterocycles. The minimum absolute atomic E-state index is 0. The number of nitrogens with zero attached hydrogens (tertiary/aromatic N) is 1. The van der Waals surface area contributed by atoms with E-state index in [2.05, 4.69) is 5.32 Å². The second kappa shape index (κ2) is 10.5. The fraction of sp³-hybridized carbons (Fsp3) is 0.500. The van der Waals surface area contributed by atoms with Gasteiger partial charge in [0.15, 0.2) is 11.6 Å². The number of carbonyl (C=O) groups is 1. The summed E-state index contributed by atoms with van der Waals surface area (Å²) in [6.07, 6.45) is 1.32. The molecule has 0 heterocycles. The van der Waals surface area contributed by atoms with Crippen LogP contribution in [0.3, 0.4) is 0 Å². The van der Waals surface area contributed by atoms with E-state index >= 15 is 0 Å². The SMILES string of the molecule is CNCCCC(=O)N(C)CCOc1ccccc1F.Cl. The zero-order valence-corrected chi connectivity index (χ0v) is 12.7. The molecule has 20 heavy (non-hydrogen) atoms. The molecule has 0 atom stereocenters. The van der Waals surface area contributed by atoms with E-state index < -0.39 is 0 Å². The Balaban J connectivity index is 0.00000361. The lowest BCUT2D eigenvalue weighted by atomic mass is 10.3. The second-order valence-electron chi connectivity index (χ2n) is 4.30. The van der Waals surface area contributed by atoms with E-state index in [0.717, 1.165) is 13.0 Å². The lowest BCUT2D eigenvalue weighted by Gasteiger charge is -2.17. The van der Waals surface area contributed by atoms with Gasteiger partial charge in [0.05, 0.1) is 6.54 Å². The summed E-state index contributed by atoms with van der Waals surface area (Å²) < 4.78 is 18.6. The van der Waals surface area contributed by atoms with E-state index in [1.54, 1.807) is 30.1 Å². The van der Waals surface area contributed by atoms with Gasteiger partial charge < -0.3 is 15.0 Å². The van der Waals surface area contributed by atoms with Gasteiger partial charge in [-0.25, -0.2) is 4.39 Å². The standard InChI is InChI=1S/C14H21FN2O2.ClH/c1-16-9-5-8-14(18)17(2)10-11-19-13-7-4-3-6-12(13)15;/h3-4,6-7,16H,5,8-11H2,1-2H3;1H. The van der Waals surface area contributed by atoms with Crippen LogP contribution in [-0.2, 0) is 4.79 Å². The van der Waals surface area contributed by atoms with Crippen LogP contribution in [0.1, 0.15) is 12.8 Å². The molecule has 1 aromatic rings. The number of ether oxygens (including phenoxy) is 1. The number of benzene rings is 1. The van der Waals surface area contributed by atoms with Crippen LogP contribution < -0.4 is 10.1 Å². The number of amides is 1. The molecule has 0 aliphatic rings. The molecule has 1 N–H and O–H groups in total. The van der Waals surface area contributed by atoms with Crippen molar-refractivity contribution in [2.45, 2.75) is 12.8 Å². The highest BCUT2D eigenvalue weighted by Crippen LogP contribution is 2.14. The number of rotatable bonds is 8. The number of halogens is 2. The van der Waals surface area contributed by atoms with Crippen molar-refractivity contribution in [3.8, 4) is 5.75 Å². The maximum absolute atomic E-state index is 13.3. The number of hydrogen-bond acceptors (Lipinski definition) is 3. The van der Waals surface area contributed by atoms with E-state index in [9.17, 15) is 9.18 Å². The molecule has 0 aliphatic carbocycles. The van der Waals surface area contributed by atoms with Crippen LogP contribution in [-0.4, -0.2) is 44.6 Å². The van der Waals surface area contributed by atoms with Gasteiger partial charge in [-0.15, -0.1) is 12.4 Å². The fourth-order valence-electron chi connectivity index (χ4n) is 1.59. The topological polar surface area (TPSA) is 41.6 Å². The monoisotopic (exact) mass is 304 g/mol. The van der Waals surface area contributed by atoms with Crippen molar-refractivity contribution in [2.24, 2.45) is 0 Å². The van der Waals surface area contributed by atoms with Crippen molar-refractivity contribution in [3.05, 3.63) is 30.1 Å². The summed E-state index contributed by atoms with van der Waals surface area (Å²) in [6.45, 7) is 1.56. The predicted octanol–water partition coefficient (Wildman–Crippen LogP) is 2.08. The molecule has 0 bridgehead atoms. The third-order valence-corrected chi connectivity index (χ3v) is 2.76. The molecule has 0 fully saturated rings. The molecule has 0 aromatic heterocycles. The van der Waals surface area contributed by atoms with Crippen LogP contribution in [0.15, 0.2) is 24.3 Å². The summed E-state index contributed by atoms with van der Waals surface area (Å²) >= 11 is 0. The van der Waals surface area contributed by atoms with Crippen LogP contribution in [0, 0.1) is 5.82 Å². The van der Waals surface area contributed by atoms with E-state index in [0.29, 0.717) is 13.0 Å². The Morgan fingerprint density at radius 3 is 2.75 bits per heavy atom. The summed E-state index contributed by atoms with van der Waals surface area (Å²) in [5.74, 6) is -0.0867. The molecular weight excluding hydrogens is 283 g/mol. The number of para-hydroxylation sites is 1. The van der Waals surface area contributed by atoms with E-state index in [1.165, 1.54) is 6.07 Å². The molecule has 0 radical (unpaired) electrons. The second-order valence-corrected chi connectivity index (χ2v) is 4.30. The number of nitrogens with one attached hydrogen (secondary N) is 1. The van der Waals surface area contributed by atoms with E-state index in [-0.39, 0.29) is 36.5 Å². The number of likely N-dealkylation sites (N-methyl/N-ethyl adjacent to an activating group) is 1. The summed E-state index contributed by atoms with van der Waals surface area (Å²) in [6, 6.07) is 6.25. The maximum atomic E-state index is 13.3. The average molecular weight is 305 g/mol. The Labute approximate surface area is 125 Å². The van der Waals surface area contributed by atoms with Gasteiger partial charge >= 0.3 is 0 Å². The lowest BCUT2D eigenvalue weighted by Crippen LogP contribution is -2.31. The molecule has 4 nitrogen and oxygen atoms in total. The first-order valence-electron chi connectivity index (χ1n) is 6.41. The van der Waals surface area contributed by atoms with Gasteiger partial charge in [-0.1, -0.05) is 12.1 Å². The van der Waals surface area contributed by atoms with Gasteiger partial charge in [0, 0.05) is 13.5 Å². The van der Waals surface area contributed by atoms with Gasteiger partial charge in [-0.3, -0.25) is 4.79 Å². The Morgan fingerprint density at radius 2 is 2.10 bits per heavy atom. The van der Waals surface area contributed by atoms with Crippen molar-refractivity contribution in [3.63, 3.8) is 0 Å². The third-order valence-electron chi connectivity index (χ3n) is 2.76. The Bertz CT molecular complexity index is 405. The van der Waals surface area contributed by atoms with Gasteiger partial charge in [0.1, 0.15) is 6.61 Å². The van der Waals surface area contributed by atoms with Gasteiger partial charge in [-0.2, -0.15) is 0 Å². The molecule has 0 saturated heterocycles. The Hall–Kier alpha value is -1.33. The molecule has 1 rings (SSSR count). The molecule has 0 saturated carbocycles. The average Bonchev–Trinajstić information content (AvgIpc) is 2.41. The molecule has 114 valence electrons. The molecular formula is C14H22ClFN2O2. The summed E-state index contributed by atoms with van der Waals surface area (Å²) in [4.78, 5) is 13.3. The zero-order chi connectivity index (χ0) is 14.1. The first-order chi connectivity index (χ1) is 9.15. The highest BCUT2D eigenvalue weighted by atomic mass is 35.5. The van der Waals surface area contributed by atoms with Crippen LogP contribution in [0.25, 0.3) is 0 Å². The third kappa shape index (κ3) is 6.73. The molecule has 1 aromatic carbocycles. The van der Waals surface area contributed by atoms with Gasteiger partial charge in [0.2, 0.25) is 5.91 Å². The largest absolute Gasteiger partial charge is 0.489 e. The van der Waals surface area contributed by atoms with Gasteiger partial charge in [-0.05, 0) is 32.1 Å². The normalized spacial score (nSPS) is 9.75. The van der Waals surface area contributed by atoms with E-state index in [1.807, 2.05) is 7.05 Å². The zero-order valence-electron chi connectivity index (χ0n) is 11.9. The van der Waals surface area contributed by atoms with Crippen molar-refractivity contribution in [1.29, 1.82) is 0 Å². The molecule has 0 unspecified atom stereocenters. The van der Waals surface area contributed by atoms with Crippen molar-refractivity contribution in [1.82, 2.24) is 10.2 Å². The molecule has 1 amide bonds. The van der Waals surface area contributed by atoms with Crippen LogP contribution >= 0.6 is 12.4 Å². The minimum Gasteiger partial charge on any atom is -0.489 e. The summed E-state index contributed by atoms with van der Waals surface area (Å²) in [5.41, 5.74) is 0. The maximum Gasteiger partial charge on any atom is 0.222 e. The van der Waals surface area contributed by atoms with Crippen molar-refractivity contribution >= 4 is 18.3 Å². The first-order valence-corrected chi connectivity index (χ1v) is 6.41.